The molecule has 0 radical (unpaired) electrons. The fourth-order valence-corrected chi connectivity index (χ4v) is 1.69. The molecule has 3 nitrogen and oxygen atoms in total. The van der Waals surface area contributed by atoms with Gasteiger partial charge in [-0.05, 0) is 42.3 Å². The molecule has 2 aromatic rings. The third kappa shape index (κ3) is 3.66. The standard InChI is InChI=1S/C16H16O3/c1-12(18)15-6-8-16(9-7-15)19-11-14-4-2-13(10-17)3-5-14/h2-9,17H,10-11H2,1H3. The summed E-state index contributed by atoms with van der Waals surface area (Å²) in [5.41, 5.74) is 2.60. The third-order valence-electron chi connectivity index (χ3n) is 2.87. The summed E-state index contributed by atoms with van der Waals surface area (Å²) in [6.45, 7) is 2.05. The van der Waals surface area contributed by atoms with E-state index >= 15 is 0 Å². The summed E-state index contributed by atoms with van der Waals surface area (Å²) in [6.07, 6.45) is 0. The minimum absolute atomic E-state index is 0.0474. The van der Waals surface area contributed by atoms with Crippen LogP contribution in [0.2, 0.25) is 0 Å². The van der Waals surface area contributed by atoms with Crippen molar-refractivity contribution in [3.8, 4) is 5.75 Å². The number of benzene rings is 2. The van der Waals surface area contributed by atoms with Gasteiger partial charge in [-0.15, -0.1) is 0 Å². The van der Waals surface area contributed by atoms with Gasteiger partial charge in [-0.1, -0.05) is 24.3 Å². The SMILES string of the molecule is CC(=O)c1ccc(OCc2ccc(CO)cc2)cc1. The highest BCUT2D eigenvalue weighted by atomic mass is 16.5. The van der Waals surface area contributed by atoms with Gasteiger partial charge in [0, 0.05) is 5.56 Å². The second-order valence-corrected chi connectivity index (χ2v) is 4.34. The molecule has 1 N–H and O–H groups in total. The first-order chi connectivity index (χ1) is 9.19. The molecule has 0 atom stereocenters. The average Bonchev–Trinajstić information content (AvgIpc) is 2.46. The summed E-state index contributed by atoms with van der Waals surface area (Å²) in [5, 5.41) is 8.95. The first-order valence-corrected chi connectivity index (χ1v) is 6.11. The number of ether oxygens (including phenoxy) is 1. The summed E-state index contributed by atoms with van der Waals surface area (Å²) in [7, 11) is 0. The van der Waals surface area contributed by atoms with Crippen LogP contribution in [0.3, 0.4) is 0 Å². The molecule has 2 aromatic carbocycles. The smallest absolute Gasteiger partial charge is 0.159 e. The highest BCUT2D eigenvalue weighted by molar-refractivity contribution is 5.94. The van der Waals surface area contributed by atoms with Crippen LogP contribution in [0, 0.1) is 0 Å². The average molecular weight is 256 g/mol. The van der Waals surface area contributed by atoms with Gasteiger partial charge in [0.2, 0.25) is 0 Å². The minimum atomic E-state index is 0.0474. The molecule has 0 bridgehead atoms. The Labute approximate surface area is 112 Å². The van der Waals surface area contributed by atoms with E-state index in [-0.39, 0.29) is 12.4 Å². The van der Waals surface area contributed by atoms with Crippen LogP contribution < -0.4 is 4.74 Å². The molecule has 0 unspecified atom stereocenters. The van der Waals surface area contributed by atoms with E-state index in [2.05, 4.69) is 0 Å². The molecule has 0 heterocycles. The zero-order valence-corrected chi connectivity index (χ0v) is 10.8. The second kappa shape index (κ2) is 6.16. The van der Waals surface area contributed by atoms with Crippen molar-refractivity contribution in [3.63, 3.8) is 0 Å². The fourth-order valence-electron chi connectivity index (χ4n) is 1.69. The molecule has 0 aromatic heterocycles. The molecule has 0 spiro atoms. The Morgan fingerprint density at radius 1 is 1.00 bits per heavy atom. The molecule has 0 saturated heterocycles. The topological polar surface area (TPSA) is 46.5 Å². The van der Waals surface area contributed by atoms with Crippen LogP contribution in [0.5, 0.6) is 5.75 Å². The zero-order valence-electron chi connectivity index (χ0n) is 10.8. The fraction of sp³-hybridized carbons (Fsp3) is 0.188. The van der Waals surface area contributed by atoms with Crippen LogP contribution in [0.25, 0.3) is 0 Å². The van der Waals surface area contributed by atoms with E-state index in [1.807, 2.05) is 24.3 Å². The Hall–Kier alpha value is -2.13. The quantitative estimate of drug-likeness (QED) is 0.837. The first kappa shape index (κ1) is 13.3. The molecule has 2 rings (SSSR count). The van der Waals surface area contributed by atoms with Crippen molar-refractivity contribution in [2.45, 2.75) is 20.1 Å². The molecule has 0 fully saturated rings. The Balaban J connectivity index is 1.95. The largest absolute Gasteiger partial charge is 0.489 e. The van der Waals surface area contributed by atoms with Crippen LogP contribution in [0.4, 0.5) is 0 Å². The number of carbonyl (C=O) groups excluding carboxylic acids is 1. The second-order valence-electron chi connectivity index (χ2n) is 4.34. The lowest BCUT2D eigenvalue weighted by atomic mass is 10.1. The van der Waals surface area contributed by atoms with Crippen molar-refractivity contribution in [3.05, 3.63) is 65.2 Å². The van der Waals surface area contributed by atoms with Crippen molar-refractivity contribution in [2.75, 3.05) is 0 Å². The molecule has 3 heteroatoms. The van der Waals surface area contributed by atoms with E-state index in [9.17, 15) is 4.79 Å². The molecule has 0 amide bonds. The lowest BCUT2D eigenvalue weighted by Gasteiger charge is -2.07. The van der Waals surface area contributed by atoms with Crippen LogP contribution >= 0.6 is 0 Å². The Morgan fingerprint density at radius 3 is 2.11 bits per heavy atom. The zero-order chi connectivity index (χ0) is 13.7. The van der Waals surface area contributed by atoms with Gasteiger partial charge in [-0.25, -0.2) is 0 Å². The third-order valence-corrected chi connectivity index (χ3v) is 2.87. The number of Topliss-reactive ketones (excluding diaryl/α,β-unsaturated/α-hetero) is 1. The van der Waals surface area contributed by atoms with Gasteiger partial charge in [0.1, 0.15) is 12.4 Å². The summed E-state index contributed by atoms with van der Waals surface area (Å²) in [6, 6.07) is 14.7. The molecule has 0 saturated carbocycles. The van der Waals surface area contributed by atoms with Crippen molar-refractivity contribution >= 4 is 5.78 Å². The van der Waals surface area contributed by atoms with E-state index in [0.717, 1.165) is 16.9 Å². The van der Waals surface area contributed by atoms with Crippen LogP contribution in [0.15, 0.2) is 48.5 Å². The van der Waals surface area contributed by atoms with Gasteiger partial charge in [-0.2, -0.15) is 0 Å². The number of hydrogen-bond donors (Lipinski definition) is 1. The summed E-state index contributed by atoms with van der Waals surface area (Å²) >= 11 is 0. The molecule has 0 aliphatic carbocycles. The van der Waals surface area contributed by atoms with Gasteiger partial charge >= 0.3 is 0 Å². The predicted octanol–water partition coefficient (Wildman–Crippen LogP) is 2.96. The molecule has 0 aliphatic heterocycles. The van der Waals surface area contributed by atoms with Crippen LogP contribution in [-0.2, 0) is 13.2 Å². The van der Waals surface area contributed by atoms with Gasteiger partial charge in [0.15, 0.2) is 5.78 Å². The molecular weight excluding hydrogens is 240 g/mol. The van der Waals surface area contributed by atoms with E-state index < -0.39 is 0 Å². The normalized spacial score (nSPS) is 10.2. The predicted molar refractivity (Wildman–Crippen MR) is 73.1 cm³/mol. The molecule has 0 aliphatic rings. The molecular formula is C16H16O3. The molecule has 98 valence electrons. The van der Waals surface area contributed by atoms with Crippen molar-refractivity contribution < 1.29 is 14.6 Å². The lowest BCUT2D eigenvalue weighted by molar-refractivity contribution is 0.101. The van der Waals surface area contributed by atoms with Gasteiger partial charge in [0.05, 0.1) is 6.61 Å². The maximum atomic E-state index is 11.1. The Morgan fingerprint density at radius 2 is 1.58 bits per heavy atom. The van der Waals surface area contributed by atoms with Gasteiger partial charge < -0.3 is 9.84 Å². The summed E-state index contributed by atoms with van der Waals surface area (Å²) < 4.78 is 5.63. The van der Waals surface area contributed by atoms with E-state index in [1.165, 1.54) is 0 Å². The maximum absolute atomic E-state index is 11.1. The Bertz CT molecular complexity index is 541. The molecule has 19 heavy (non-hydrogen) atoms. The van der Waals surface area contributed by atoms with Crippen LogP contribution in [-0.4, -0.2) is 10.9 Å². The first-order valence-electron chi connectivity index (χ1n) is 6.11. The van der Waals surface area contributed by atoms with Crippen LogP contribution in [0.1, 0.15) is 28.4 Å². The number of rotatable bonds is 5. The maximum Gasteiger partial charge on any atom is 0.159 e. The number of carbonyl (C=O) groups is 1. The van der Waals surface area contributed by atoms with Crippen molar-refractivity contribution in [1.29, 1.82) is 0 Å². The minimum Gasteiger partial charge on any atom is -0.489 e. The van der Waals surface area contributed by atoms with E-state index in [4.69, 9.17) is 9.84 Å². The highest BCUT2D eigenvalue weighted by Gasteiger charge is 2.00. The van der Waals surface area contributed by atoms with Gasteiger partial charge in [0.25, 0.3) is 0 Å². The number of aliphatic hydroxyl groups is 1. The lowest BCUT2D eigenvalue weighted by Crippen LogP contribution is -1.97. The number of aliphatic hydroxyl groups excluding tert-OH is 1. The number of hydrogen-bond acceptors (Lipinski definition) is 3. The van der Waals surface area contributed by atoms with Crippen molar-refractivity contribution in [1.82, 2.24) is 0 Å². The van der Waals surface area contributed by atoms with E-state index in [1.54, 1.807) is 31.2 Å². The van der Waals surface area contributed by atoms with E-state index in [0.29, 0.717) is 12.2 Å². The monoisotopic (exact) mass is 256 g/mol. The van der Waals surface area contributed by atoms with Gasteiger partial charge in [-0.3, -0.25) is 4.79 Å². The van der Waals surface area contributed by atoms with Crippen molar-refractivity contribution in [2.24, 2.45) is 0 Å². The summed E-state index contributed by atoms with van der Waals surface area (Å²) in [4.78, 5) is 11.1. The Kier molecular flexibility index (Phi) is 4.31. The summed E-state index contributed by atoms with van der Waals surface area (Å²) in [5.74, 6) is 0.780. The highest BCUT2D eigenvalue weighted by Crippen LogP contribution is 2.15. The number of ketones is 1.